The molecule has 0 saturated carbocycles. The molecule has 2 nitrogen and oxygen atoms in total. The molecular weight excluding hydrogens is 272 g/mol. The molecule has 3 aromatic heterocycles. The van der Waals surface area contributed by atoms with Gasteiger partial charge < -0.3 is 0 Å². The summed E-state index contributed by atoms with van der Waals surface area (Å²) in [6.07, 6.45) is 6.00. The van der Waals surface area contributed by atoms with Crippen molar-refractivity contribution in [3.8, 4) is 21.1 Å². The first-order chi connectivity index (χ1) is 9.38. The summed E-state index contributed by atoms with van der Waals surface area (Å²) in [5.74, 6) is 0. The van der Waals surface area contributed by atoms with E-state index in [1.165, 1.54) is 16.0 Å². The van der Waals surface area contributed by atoms with E-state index < -0.39 is 0 Å². The van der Waals surface area contributed by atoms with Gasteiger partial charge >= 0.3 is 0 Å². The summed E-state index contributed by atoms with van der Waals surface area (Å²) >= 11 is 3.43. The van der Waals surface area contributed by atoms with Gasteiger partial charge in [-0.3, -0.25) is 4.98 Å². The second-order valence-corrected chi connectivity index (χ2v) is 6.10. The van der Waals surface area contributed by atoms with Crippen LogP contribution in [0.2, 0.25) is 0 Å². The minimum Gasteiger partial charge on any atom is -0.264 e. The smallest absolute Gasteiger partial charge is 0.134 e. The molecule has 96 valence electrons. The highest BCUT2D eigenvalue weighted by Gasteiger charge is 2.10. The van der Waals surface area contributed by atoms with Crippen molar-refractivity contribution < 1.29 is 0 Å². The van der Waals surface area contributed by atoms with Crippen molar-refractivity contribution in [1.29, 1.82) is 0 Å². The molecule has 3 heterocycles. The van der Waals surface area contributed by atoms with Crippen molar-refractivity contribution in [3.05, 3.63) is 46.9 Å². The first kappa shape index (κ1) is 12.5. The fraction of sp³-hybridized carbons (Fsp3) is 0.200. The van der Waals surface area contributed by atoms with Crippen LogP contribution in [0.1, 0.15) is 18.9 Å². The number of thiazole rings is 1. The molecular formula is C15H14N2S2. The summed E-state index contributed by atoms with van der Waals surface area (Å²) in [5.41, 5.74) is 3.55. The van der Waals surface area contributed by atoms with Crippen molar-refractivity contribution in [2.45, 2.75) is 19.8 Å². The molecule has 3 aromatic rings. The zero-order valence-corrected chi connectivity index (χ0v) is 12.3. The third-order valence-corrected chi connectivity index (χ3v) is 4.82. The van der Waals surface area contributed by atoms with Crippen LogP contribution < -0.4 is 0 Å². The van der Waals surface area contributed by atoms with E-state index in [-0.39, 0.29) is 0 Å². The second-order valence-electron chi connectivity index (χ2n) is 4.30. The van der Waals surface area contributed by atoms with Crippen molar-refractivity contribution in [2.75, 3.05) is 0 Å². The Bertz CT molecular complexity index is 656. The lowest BCUT2D eigenvalue weighted by Crippen LogP contribution is -1.90. The molecule has 0 atom stereocenters. The topological polar surface area (TPSA) is 25.8 Å². The number of rotatable bonds is 4. The molecule has 0 radical (unpaired) electrons. The van der Waals surface area contributed by atoms with Crippen molar-refractivity contribution in [1.82, 2.24) is 9.97 Å². The Morgan fingerprint density at radius 2 is 2.16 bits per heavy atom. The van der Waals surface area contributed by atoms with Gasteiger partial charge in [-0.15, -0.1) is 22.7 Å². The predicted molar refractivity (Wildman–Crippen MR) is 82.7 cm³/mol. The van der Waals surface area contributed by atoms with Crippen molar-refractivity contribution in [3.63, 3.8) is 0 Å². The molecule has 0 aliphatic rings. The van der Waals surface area contributed by atoms with E-state index >= 15 is 0 Å². The summed E-state index contributed by atoms with van der Waals surface area (Å²) in [7, 11) is 0. The molecule has 4 heteroatoms. The van der Waals surface area contributed by atoms with Gasteiger partial charge in [-0.2, -0.15) is 0 Å². The van der Waals surface area contributed by atoms with E-state index in [0.717, 1.165) is 23.5 Å². The summed E-state index contributed by atoms with van der Waals surface area (Å²) in [6, 6.07) is 6.28. The van der Waals surface area contributed by atoms with Gasteiger partial charge in [-0.1, -0.05) is 19.4 Å². The molecule has 0 amide bonds. The van der Waals surface area contributed by atoms with Crippen LogP contribution in [0.3, 0.4) is 0 Å². The number of aromatic nitrogens is 2. The first-order valence-corrected chi connectivity index (χ1v) is 8.07. The van der Waals surface area contributed by atoms with Gasteiger partial charge in [-0.25, -0.2) is 4.98 Å². The average molecular weight is 286 g/mol. The molecule has 0 saturated heterocycles. The fourth-order valence-corrected chi connectivity index (χ4v) is 3.69. The second kappa shape index (κ2) is 5.63. The van der Waals surface area contributed by atoms with E-state index in [9.17, 15) is 0 Å². The van der Waals surface area contributed by atoms with Crippen LogP contribution in [0.15, 0.2) is 41.4 Å². The Kier molecular flexibility index (Phi) is 3.71. The van der Waals surface area contributed by atoms with Crippen LogP contribution in [-0.2, 0) is 6.42 Å². The molecule has 0 aliphatic carbocycles. The molecule has 0 fully saturated rings. The molecule has 3 rings (SSSR count). The van der Waals surface area contributed by atoms with Gasteiger partial charge in [0.25, 0.3) is 0 Å². The van der Waals surface area contributed by atoms with Crippen LogP contribution in [0.4, 0.5) is 0 Å². The maximum Gasteiger partial charge on any atom is 0.134 e. The highest BCUT2D eigenvalue weighted by atomic mass is 32.1. The molecule has 0 unspecified atom stereocenters. The lowest BCUT2D eigenvalue weighted by Gasteiger charge is -2.04. The molecule has 19 heavy (non-hydrogen) atoms. The predicted octanol–water partition coefficient (Wildman–Crippen LogP) is 4.89. The Morgan fingerprint density at radius 1 is 1.21 bits per heavy atom. The van der Waals surface area contributed by atoms with Crippen LogP contribution in [-0.4, -0.2) is 9.97 Å². The van der Waals surface area contributed by atoms with E-state index in [0.29, 0.717) is 0 Å². The third-order valence-electron chi connectivity index (χ3n) is 2.94. The maximum absolute atomic E-state index is 4.75. The molecule has 0 N–H and O–H groups in total. The van der Waals surface area contributed by atoms with Crippen molar-refractivity contribution >= 4 is 22.7 Å². The largest absolute Gasteiger partial charge is 0.264 e. The maximum atomic E-state index is 4.75. The normalized spacial score (nSPS) is 10.8. The number of hydrogen-bond acceptors (Lipinski definition) is 4. The van der Waals surface area contributed by atoms with Crippen LogP contribution in [0, 0.1) is 0 Å². The Hall–Kier alpha value is -1.52. The number of pyridine rings is 1. The van der Waals surface area contributed by atoms with Crippen molar-refractivity contribution in [2.24, 2.45) is 0 Å². The van der Waals surface area contributed by atoms with Gasteiger partial charge in [-0.05, 0) is 29.5 Å². The van der Waals surface area contributed by atoms with Gasteiger partial charge in [0.15, 0.2) is 0 Å². The fourth-order valence-electron chi connectivity index (χ4n) is 2.05. The lowest BCUT2D eigenvalue weighted by molar-refractivity contribution is 0.919. The van der Waals surface area contributed by atoms with Crippen LogP contribution in [0.5, 0.6) is 0 Å². The molecule has 0 spiro atoms. The van der Waals surface area contributed by atoms with Crippen LogP contribution >= 0.6 is 22.7 Å². The standard InChI is InChI=1S/C15H14N2S2/c1-2-4-11-6-7-16-9-12(11)13-10-19-15(17-13)14-5-3-8-18-14/h3,5-10H,2,4H2,1H3. The minimum atomic E-state index is 1.05. The molecule has 0 aliphatic heterocycles. The SMILES string of the molecule is CCCc1ccncc1-c1csc(-c2cccs2)n1. The first-order valence-electron chi connectivity index (χ1n) is 6.31. The Balaban J connectivity index is 1.99. The highest BCUT2D eigenvalue weighted by molar-refractivity contribution is 7.20. The summed E-state index contributed by atoms with van der Waals surface area (Å²) in [4.78, 5) is 10.2. The van der Waals surface area contributed by atoms with Gasteiger partial charge in [0.05, 0.1) is 10.6 Å². The Morgan fingerprint density at radius 3 is 2.95 bits per heavy atom. The molecule has 0 aromatic carbocycles. The minimum absolute atomic E-state index is 1.05. The van der Waals surface area contributed by atoms with E-state index in [2.05, 4.69) is 40.9 Å². The van der Waals surface area contributed by atoms with E-state index in [1.54, 1.807) is 22.7 Å². The number of nitrogens with zero attached hydrogens (tertiary/aromatic N) is 2. The summed E-state index contributed by atoms with van der Waals surface area (Å²) < 4.78 is 0. The van der Waals surface area contributed by atoms with Crippen LogP contribution in [0.25, 0.3) is 21.1 Å². The van der Waals surface area contributed by atoms with Gasteiger partial charge in [0.2, 0.25) is 0 Å². The average Bonchev–Trinajstić information content (AvgIpc) is 3.11. The van der Waals surface area contributed by atoms with E-state index in [1.807, 2.05) is 12.4 Å². The number of thiophene rings is 1. The monoisotopic (exact) mass is 286 g/mol. The van der Waals surface area contributed by atoms with Gasteiger partial charge in [0, 0.05) is 23.3 Å². The molecule has 0 bridgehead atoms. The zero-order chi connectivity index (χ0) is 13.1. The quantitative estimate of drug-likeness (QED) is 0.682. The van der Waals surface area contributed by atoms with E-state index in [4.69, 9.17) is 4.98 Å². The summed E-state index contributed by atoms with van der Waals surface area (Å²) in [6.45, 7) is 2.20. The summed E-state index contributed by atoms with van der Waals surface area (Å²) in [5, 5.41) is 5.31. The highest BCUT2D eigenvalue weighted by Crippen LogP contribution is 2.32. The Labute approximate surface area is 120 Å². The third kappa shape index (κ3) is 2.60. The number of hydrogen-bond donors (Lipinski definition) is 0. The number of aryl methyl sites for hydroxylation is 1. The zero-order valence-electron chi connectivity index (χ0n) is 10.7. The lowest BCUT2D eigenvalue weighted by atomic mass is 10.0. The van der Waals surface area contributed by atoms with Gasteiger partial charge in [0.1, 0.15) is 5.01 Å².